The van der Waals surface area contributed by atoms with Crippen LogP contribution in [0.2, 0.25) is 0 Å². The second kappa shape index (κ2) is 11.7. The lowest BCUT2D eigenvalue weighted by atomic mass is 10.2. The Hall–Kier alpha value is -3.95. The summed E-state index contributed by atoms with van der Waals surface area (Å²) in [5.41, 5.74) is 4.88. The van der Waals surface area contributed by atoms with Crippen LogP contribution in [-0.4, -0.2) is 20.5 Å². The van der Waals surface area contributed by atoms with Crippen LogP contribution < -0.4 is 14.9 Å². The highest BCUT2D eigenvalue weighted by molar-refractivity contribution is 9.10. The Kier molecular flexibility index (Phi) is 8.14. The van der Waals surface area contributed by atoms with E-state index in [-0.39, 0.29) is 4.90 Å². The Labute approximate surface area is 218 Å². The Balaban J connectivity index is 1.35. The van der Waals surface area contributed by atoms with Crippen molar-refractivity contribution < 1.29 is 17.9 Å². The van der Waals surface area contributed by atoms with E-state index in [1.54, 1.807) is 18.2 Å². The lowest BCUT2D eigenvalue weighted by Crippen LogP contribution is -2.18. The Morgan fingerprint density at radius 1 is 0.861 bits per heavy atom. The summed E-state index contributed by atoms with van der Waals surface area (Å²) in [6.07, 6.45) is 1.51. The van der Waals surface area contributed by atoms with Gasteiger partial charge in [-0.25, -0.2) is 13.8 Å². The normalized spacial score (nSPS) is 11.2. The molecule has 0 saturated carbocycles. The van der Waals surface area contributed by atoms with Gasteiger partial charge in [-0.1, -0.05) is 58.4 Å². The molecule has 0 aromatic heterocycles. The number of nitrogens with one attached hydrogen (secondary N) is 2. The van der Waals surface area contributed by atoms with Crippen LogP contribution in [0.15, 0.2) is 118 Å². The van der Waals surface area contributed by atoms with E-state index in [0.29, 0.717) is 29.2 Å². The zero-order valence-electron chi connectivity index (χ0n) is 19.0. The van der Waals surface area contributed by atoms with Crippen molar-refractivity contribution in [3.63, 3.8) is 0 Å². The number of carbonyl (C=O) groups is 1. The van der Waals surface area contributed by atoms with Crippen LogP contribution in [0.3, 0.4) is 0 Å². The second-order valence-electron chi connectivity index (χ2n) is 7.65. The van der Waals surface area contributed by atoms with Crippen LogP contribution >= 0.6 is 15.9 Å². The SMILES string of the molecule is O=C(N/N=C/c1ccccc1OCc1ccc(Br)cc1)c1ccc(NS(=O)(=O)c2ccccc2)cc1. The summed E-state index contributed by atoms with van der Waals surface area (Å²) in [5, 5.41) is 4.04. The Morgan fingerprint density at radius 3 is 2.25 bits per heavy atom. The first-order chi connectivity index (χ1) is 17.4. The molecule has 0 unspecified atom stereocenters. The van der Waals surface area contributed by atoms with Crippen molar-refractivity contribution in [3.05, 3.63) is 124 Å². The molecule has 4 aromatic carbocycles. The summed E-state index contributed by atoms with van der Waals surface area (Å²) in [6, 6.07) is 29.3. The zero-order valence-corrected chi connectivity index (χ0v) is 21.4. The van der Waals surface area contributed by atoms with E-state index in [2.05, 4.69) is 31.2 Å². The first-order valence-electron chi connectivity index (χ1n) is 10.9. The minimum absolute atomic E-state index is 0.155. The number of rotatable bonds is 9. The summed E-state index contributed by atoms with van der Waals surface area (Å²) in [7, 11) is -3.71. The van der Waals surface area contributed by atoms with Crippen molar-refractivity contribution in [2.45, 2.75) is 11.5 Å². The van der Waals surface area contributed by atoms with Crippen LogP contribution in [-0.2, 0) is 16.6 Å². The number of hydrogen-bond acceptors (Lipinski definition) is 5. The van der Waals surface area contributed by atoms with Gasteiger partial charge in [0.05, 0.1) is 11.1 Å². The lowest BCUT2D eigenvalue weighted by Gasteiger charge is -2.09. The quantitative estimate of drug-likeness (QED) is 0.205. The van der Waals surface area contributed by atoms with E-state index >= 15 is 0 Å². The van der Waals surface area contributed by atoms with Crippen LogP contribution in [0.25, 0.3) is 0 Å². The molecule has 0 aliphatic carbocycles. The fourth-order valence-corrected chi connectivity index (χ4v) is 4.53. The van der Waals surface area contributed by atoms with Crippen LogP contribution in [0.5, 0.6) is 5.75 Å². The van der Waals surface area contributed by atoms with Crippen molar-refractivity contribution in [2.24, 2.45) is 5.10 Å². The smallest absolute Gasteiger partial charge is 0.271 e. The molecule has 0 atom stereocenters. The number of carbonyl (C=O) groups excluding carboxylic acids is 1. The van der Waals surface area contributed by atoms with Gasteiger partial charge in [-0.05, 0) is 66.2 Å². The van der Waals surface area contributed by atoms with Gasteiger partial charge in [0.15, 0.2) is 0 Å². The van der Waals surface area contributed by atoms with Crippen molar-refractivity contribution in [1.82, 2.24) is 5.43 Å². The molecular weight excluding hydrogens is 542 g/mol. The van der Waals surface area contributed by atoms with E-state index in [1.165, 1.54) is 42.6 Å². The summed E-state index contributed by atoms with van der Waals surface area (Å²) in [5.74, 6) is 0.199. The van der Waals surface area contributed by atoms with Gasteiger partial charge in [-0.2, -0.15) is 5.10 Å². The predicted molar refractivity (Wildman–Crippen MR) is 144 cm³/mol. The maximum atomic E-state index is 12.5. The molecule has 0 heterocycles. The van der Waals surface area contributed by atoms with Gasteiger partial charge >= 0.3 is 0 Å². The number of sulfonamides is 1. The Bertz CT molecular complexity index is 1460. The highest BCUT2D eigenvalue weighted by Crippen LogP contribution is 2.19. The number of halogens is 1. The maximum Gasteiger partial charge on any atom is 0.271 e. The van der Waals surface area contributed by atoms with Crippen molar-refractivity contribution in [2.75, 3.05) is 4.72 Å². The predicted octanol–water partition coefficient (Wildman–Crippen LogP) is 5.59. The molecular formula is C27H22BrN3O4S. The van der Waals surface area contributed by atoms with E-state index in [1.807, 2.05) is 48.5 Å². The molecule has 0 bridgehead atoms. The first kappa shape index (κ1) is 25.2. The first-order valence-corrected chi connectivity index (χ1v) is 13.2. The molecule has 9 heteroatoms. The van der Waals surface area contributed by atoms with Crippen molar-refractivity contribution in [1.29, 1.82) is 0 Å². The molecule has 1 amide bonds. The molecule has 36 heavy (non-hydrogen) atoms. The molecule has 182 valence electrons. The standard InChI is InChI=1S/C27H22BrN3O4S/c28-23-14-10-20(11-15-23)19-35-26-9-5-4-6-22(26)18-29-30-27(32)21-12-16-24(17-13-21)31-36(33,34)25-7-2-1-3-8-25/h1-18,31H,19H2,(H,30,32)/b29-18+. The number of anilines is 1. The van der Waals surface area contributed by atoms with E-state index in [0.717, 1.165) is 10.0 Å². The van der Waals surface area contributed by atoms with Crippen molar-refractivity contribution in [3.8, 4) is 5.75 Å². The van der Waals surface area contributed by atoms with Crippen molar-refractivity contribution >= 4 is 43.8 Å². The minimum atomic E-state index is -3.71. The summed E-state index contributed by atoms with van der Waals surface area (Å²) in [4.78, 5) is 12.6. The number of nitrogens with zero attached hydrogens (tertiary/aromatic N) is 1. The summed E-state index contributed by atoms with van der Waals surface area (Å²) in [6.45, 7) is 0.394. The number of benzene rings is 4. The van der Waals surface area contributed by atoms with E-state index < -0.39 is 15.9 Å². The maximum absolute atomic E-state index is 12.5. The molecule has 0 spiro atoms. The van der Waals surface area contributed by atoms with Gasteiger partial charge in [0.1, 0.15) is 12.4 Å². The molecule has 7 nitrogen and oxygen atoms in total. The highest BCUT2D eigenvalue weighted by Gasteiger charge is 2.14. The Morgan fingerprint density at radius 2 is 1.53 bits per heavy atom. The average Bonchev–Trinajstić information content (AvgIpc) is 2.90. The third kappa shape index (κ3) is 6.80. The van der Waals surface area contributed by atoms with Gasteiger partial charge in [0, 0.05) is 21.3 Å². The molecule has 4 rings (SSSR count). The number of amides is 1. The average molecular weight is 564 g/mol. The largest absolute Gasteiger partial charge is 0.488 e. The zero-order chi connectivity index (χ0) is 25.4. The number of hydrogen-bond donors (Lipinski definition) is 2. The third-order valence-electron chi connectivity index (χ3n) is 5.05. The molecule has 4 aromatic rings. The number of para-hydroxylation sites is 1. The molecule has 2 N–H and O–H groups in total. The highest BCUT2D eigenvalue weighted by atomic mass is 79.9. The second-order valence-corrected chi connectivity index (χ2v) is 10.2. The van der Waals surface area contributed by atoms with E-state index in [9.17, 15) is 13.2 Å². The molecule has 0 aliphatic rings. The third-order valence-corrected chi connectivity index (χ3v) is 6.98. The number of hydrazone groups is 1. The minimum Gasteiger partial charge on any atom is -0.488 e. The molecule has 0 radical (unpaired) electrons. The van der Waals surface area contributed by atoms with Crippen LogP contribution in [0, 0.1) is 0 Å². The monoisotopic (exact) mass is 563 g/mol. The van der Waals surface area contributed by atoms with Gasteiger partial charge in [-0.3, -0.25) is 9.52 Å². The molecule has 0 aliphatic heterocycles. The fourth-order valence-electron chi connectivity index (χ4n) is 3.19. The lowest BCUT2D eigenvalue weighted by molar-refractivity contribution is 0.0955. The fraction of sp³-hybridized carbons (Fsp3) is 0.0370. The summed E-state index contributed by atoms with van der Waals surface area (Å²) >= 11 is 3.41. The summed E-state index contributed by atoms with van der Waals surface area (Å²) < 4.78 is 34.3. The van der Waals surface area contributed by atoms with Gasteiger partial charge in [-0.15, -0.1) is 0 Å². The topological polar surface area (TPSA) is 96.9 Å². The van der Waals surface area contributed by atoms with Crippen LogP contribution in [0.1, 0.15) is 21.5 Å². The van der Waals surface area contributed by atoms with Gasteiger partial charge in [0.2, 0.25) is 0 Å². The molecule has 0 saturated heterocycles. The van der Waals surface area contributed by atoms with Gasteiger partial charge in [0.25, 0.3) is 15.9 Å². The molecule has 0 fully saturated rings. The van der Waals surface area contributed by atoms with Gasteiger partial charge < -0.3 is 4.74 Å². The van der Waals surface area contributed by atoms with E-state index in [4.69, 9.17) is 4.74 Å². The number of ether oxygens (including phenoxy) is 1. The van der Waals surface area contributed by atoms with Crippen LogP contribution in [0.4, 0.5) is 5.69 Å².